The number of aromatic amines is 1. The average molecular weight is 272 g/mol. The van der Waals surface area contributed by atoms with Crippen LogP contribution < -0.4 is 10.7 Å². The fraction of sp³-hybridized carbons (Fsp3) is 0.357. The van der Waals surface area contributed by atoms with Gasteiger partial charge in [-0.15, -0.1) is 0 Å². The molecular formula is C14H16N4O2. The van der Waals surface area contributed by atoms with Crippen molar-refractivity contribution in [1.82, 2.24) is 20.4 Å². The molecule has 104 valence electrons. The second-order valence-corrected chi connectivity index (χ2v) is 5.05. The fourth-order valence-corrected chi connectivity index (χ4v) is 2.48. The van der Waals surface area contributed by atoms with Crippen LogP contribution in [0.15, 0.2) is 29.1 Å². The number of nitrogens with one attached hydrogen (secondary N) is 2. The van der Waals surface area contributed by atoms with E-state index in [1.807, 2.05) is 13.0 Å². The maximum absolute atomic E-state index is 12.4. The number of fused-ring (bicyclic) bond motifs is 1. The SMILES string of the molecule is CC1CN(C(=O)c2n[nH]c3ccccc3c2=O)CCN1. The highest BCUT2D eigenvalue weighted by Gasteiger charge is 2.25. The Balaban J connectivity index is 1.99. The van der Waals surface area contributed by atoms with E-state index in [0.717, 1.165) is 6.54 Å². The van der Waals surface area contributed by atoms with Crippen LogP contribution in [0.1, 0.15) is 17.4 Å². The maximum atomic E-state index is 12.4. The van der Waals surface area contributed by atoms with Crippen LogP contribution >= 0.6 is 0 Å². The summed E-state index contributed by atoms with van der Waals surface area (Å²) >= 11 is 0. The smallest absolute Gasteiger partial charge is 0.278 e. The number of rotatable bonds is 1. The lowest BCUT2D eigenvalue weighted by atomic mass is 10.1. The molecule has 6 nitrogen and oxygen atoms in total. The highest BCUT2D eigenvalue weighted by molar-refractivity contribution is 5.95. The Morgan fingerprint density at radius 3 is 3.00 bits per heavy atom. The molecular weight excluding hydrogens is 256 g/mol. The number of carbonyl (C=O) groups excluding carboxylic acids is 1. The first-order chi connectivity index (χ1) is 9.66. The van der Waals surface area contributed by atoms with E-state index in [1.54, 1.807) is 23.1 Å². The largest absolute Gasteiger partial charge is 0.334 e. The van der Waals surface area contributed by atoms with E-state index in [-0.39, 0.29) is 23.1 Å². The molecule has 1 atom stereocenters. The van der Waals surface area contributed by atoms with Gasteiger partial charge in [-0.05, 0) is 19.1 Å². The van der Waals surface area contributed by atoms with E-state index in [1.165, 1.54) is 0 Å². The van der Waals surface area contributed by atoms with Crippen molar-refractivity contribution in [3.05, 3.63) is 40.2 Å². The van der Waals surface area contributed by atoms with E-state index in [0.29, 0.717) is 24.0 Å². The van der Waals surface area contributed by atoms with Gasteiger partial charge in [-0.25, -0.2) is 0 Å². The third-order valence-electron chi connectivity index (χ3n) is 3.53. The molecule has 2 heterocycles. The highest BCUT2D eigenvalue weighted by atomic mass is 16.2. The van der Waals surface area contributed by atoms with Crippen LogP contribution in [0.4, 0.5) is 0 Å². The molecule has 0 bridgehead atoms. The lowest BCUT2D eigenvalue weighted by Gasteiger charge is -2.31. The molecule has 3 rings (SSSR count). The van der Waals surface area contributed by atoms with Gasteiger partial charge in [0.05, 0.1) is 5.52 Å². The minimum absolute atomic E-state index is 0.0298. The minimum atomic E-state index is -0.310. The summed E-state index contributed by atoms with van der Waals surface area (Å²) in [7, 11) is 0. The van der Waals surface area contributed by atoms with Gasteiger partial charge < -0.3 is 10.2 Å². The van der Waals surface area contributed by atoms with Gasteiger partial charge in [0.25, 0.3) is 5.91 Å². The molecule has 0 spiro atoms. The Morgan fingerprint density at radius 2 is 2.20 bits per heavy atom. The fourth-order valence-electron chi connectivity index (χ4n) is 2.48. The first-order valence-corrected chi connectivity index (χ1v) is 6.67. The van der Waals surface area contributed by atoms with Crippen LogP contribution in [-0.2, 0) is 0 Å². The third kappa shape index (κ3) is 2.18. The summed E-state index contributed by atoms with van der Waals surface area (Å²) in [6.45, 7) is 3.93. The second kappa shape index (κ2) is 5.05. The van der Waals surface area contributed by atoms with E-state index in [2.05, 4.69) is 15.5 Å². The van der Waals surface area contributed by atoms with E-state index >= 15 is 0 Å². The number of piperazine rings is 1. The number of nitrogens with zero attached hydrogens (tertiary/aromatic N) is 2. The van der Waals surface area contributed by atoms with Crippen LogP contribution in [0.25, 0.3) is 10.9 Å². The highest BCUT2D eigenvalue weighted by Crippen LogP contribution is 2.08. The second-order valence-electron chi connectivity index (χ2n) is 5.05. The molecule has 2 N–H and O–H groups in total. The van der Waals surface area contributed by atoms with Crippen molar-refractivity contribution in [2.75, 3.05) is 19.6 Å². The normalized spacial score (nSPS) is 19.2. The van der Waals surface area contributed by atoms with Gasteiger partial charge in [-0.1, -0.05) is 12.1 Å². The first-order valence-electron chi connectivity index (χ1n) is 6.67. The van der Waals surface area contributed by atoms with Crippen molar-refractivity contribution in [1.29, 1.82) is 0 Å². The molecule has 1 unspecified atom stereocenters. The molecule has 1 aromatic heterocycles. The van der Waals surface area contributed by atoms with Crippen LogP contribution in [-0.4, -0.2) is 46.7 Å². The Kier molecular flexibility index (Phi) is 3.23. The minimum Gasteiger partial charge on any atom is -0.334 e. The van der Waals surface area contributed by atoms with Crippen LogP contribution in [0, 0.1) is 0 Å². The third-order valence-corrected chi connectivity index (χ3v) is 3.53. The number of hydrogen-bond donors (Lipinski definition) is 2. The zero-order chi connectivity index (χ0) is 14.1. The van der Waals surface area contributed by atoms with Gasteiger partial charge in [0.1, 0.15) is 0 Å². The van der Waals surface area contributed by atoms with Gasteiger partial charge in [0.2, 0.25) is 5.43 Å². The quantitative estimate of drug-likeness (QED) is 0.785. The summed E-state index contributed by atoms with van der Waals surface area (Å²) in [5.41, 5.74) is 0.302. The summed E-state index contributed by atoms with van der Waals surface area (Å²) in [6, 6.07) is 7.29. The zero-order valence-electron chi connectivity index (χ0n) is 11.2. The predicted octanol–water partition coefficient (Wildman–Crippen LogP) is 0.357. The Morgan fingerprint density at radius 1 is 1.40 bits per heavy atom. The topological polar surface area (TPSA) is 78.1 Å². The molecule has 1 aromatic carbocycles. The molecule has 1 fully saturated rings. The summed E-state index contributed by atoms with van der Waals surface area (Å²) in [6.07, 6.45) is 0. The Labute approximate surface area is 115 Å². The molecule has 2 aromatic rings. The van der Waals surface area contributed by atoms with Gasteiger partial charge in [0, 0.05) is 31.1 Å². The summed E-state index contributed by atoms with van der Waals surface area (Å²) in [5.74, 6) is -0.301. The van der Waals surface area contributed by atoms with Crippen molar-refractivity contribution in [2.24, 2.45) is 0 Å². The number of carbonyl (C=O) groups is 1. The summed E-state index contributed by atoms with van der Waals surface area (Å²) in [5, 5.41) is 10.5. The molecule has 1 saturated heterocycles. The number of para-hydroxylation sites is 1. The van der Waals surface area contributed by atoms with Crippen molar-refractivity contribution >= 4 is 16.8 Å². The number of H-pyrrole nitrogens is 1. The lowest BCUT2D eigenvalue weighted by Crippen LogP contribution is -2.52. The zero-order valence-corrected chi connectivity index (χ0v) is 11.2. The average Bonchev–Trinajstić information content (AvgIpc) is 2.47. The molecule has 1 aliphatic heterocycles. The van der Waals surface area contributed by atoms with E-state index < -0.39 is 0 Å². The van der Waals surface area contributed by atoms with Crippen molar-refractivity contribution < 1.29 is 4.79 Å². The molecule has 1 aliphatic rings. The molecule has 0 radical (unpaired) electrons. The molecule has 20 heavy (non-hydrogen) atoms. The number of hydrogen-bond acceptors (Lipinski definition) is 4. The van der Waals surface area contributed by atoms with Gasteiger partial charge in [-0.2, -0.15) is 5.10 Å². The van der Waals surface area contributed by atoms with E-state index in [4.69, 9.17) is 0 Å². The Hall–Kier alpha value is -2.21. The number of aromatic nitrogens is 2. The van der Waals surface area contributed by atoms with Gasteiger partial charge in [0.15, 0.2) is 5.69 Å². The first kappa shape index (κ1) is 12.8. The lowest BCUT2D eigenvalue weighted by molar-refractivity contribution is 0.0701. The number of amides is 1. The van der Waals surface area contributed by atoms with Crippen LogP contribution in [0.2, 0.25) is 0 Å². The van der Waals surface area contributed by atoms with Crippen molar-refractivity contribution in [3.8, 4) is 0 Å². The Bertz CT molecular complexity index is 710. The molecule has 0 saturated carbocycles. The predicted molar refractivity (Wildman–Crippen MR) is 75.7 cm³/mol. The maximum Gasteiger partial charge on any atom is 0.278 e. The molecule has 1 amide bonds. The summed E-state index contributed by atoms with van der Waals surface area (Å²) < 4.78 is 0. The van der Waals surface area contributed by atoms with Crippen molar-refractivity contribution in [2.45, 2.75) is 13.0 Å². The van der Waals surface area contributed by atoms with Gasteiger partial charge >= 0.3 is 0 Å². The molecule has 6 heteroatoms. The standard InChI is InChI=1S/C14H16N4O2/c1-9-8-18(7-6-15-9)14(20)12-13(19)10-4-2-3-5-11(10)16-17-12/h2-5,9,15H,6-8H2,1H3,(H,16,19). The monoisotopic (exact) mass is 272 g/mol. The van der Waals surface area contributed by atoms with Crippen molar-refractivity contribution in [3.63, 3.8) is 0 Å². The van der Waals surface area contributed by atoms with Crippen LogP contribution in [0.3, 0.4) is 0 Å². The molecule has 0 aliphatic carbocycles. The van der Waals surface area contributed by atoms with E-state index in [9.17, 15) is 9.59 Å². The number of benzene rings is 1. The summed E-state index contributed by atoms with van der Waals surface area (Å²) in [4.78, 5) is 26.4. The van der Waals surface area contributed by atoms with Crippen LogP contribution in [0.5, 0.6) is 0 Å². The van der Waals surface area contributed by atoms with Gasteiger partial charge in [-0.3, -0.25) is 14.7 Å².